The summed E-state index contributed by atoms with van der Waals surface area (Å²) in [5, 5.41) is 9.56. The molecule has 1 aromatic carbocycles. The second-order valence-corrected chi connectivity index (χ2v) is 8.21. The maximum absolute atomic E-state index is 11.7. The summed E-state index contributed by atoms with van der Waals surface area (Å²) in [5.41, 5.74) is 1.40. The van der Waals surface area contributed by atoms with E-state index in [4.69, 9.17) is 0 Å². The summed E-state index contributed by atoms with van der Waals surface area (Å²) >= 11 is 0. The van der Waals surface area contributed by atoms with Crippen molar-refractivity contribution in [2.75, 3.05) is 58.9 Å². The minimum atomic E-state index is 0. The van der Waals surface area contributed by atoms with E-state index in [0.29, 0.717) is 13.1 Å². The second kappa shape index (κ2) is 14.6. The predicted octanol–water partition coefficient (Wildman–Crippen LogP) is 1.89. The van der Waals surface area contributed by atoms with Gasteiger partial charge in [0.05, 0.1) is 0 Å². The fourth-order valence-electron chi connectivity index (χ4n) is 3.70. The van der Waals surface area contributed by atoms with Gasteiger partial charge in [0.2, 0.25) is 5.91 Å². The van der Waals surface area contributed by atoms with Crippen LogP contribution in [0.3, 0.4) is 0 Å². The Bertz CT molecular complexity index is 659. The van der Waals surface area contributed by atoms with E-state index in [9.17, 15) is 4.79 Å². The number of carbonyl (C=O) groups excluding carboxylic acids is 1. The van der Waals surface area contributed by atoms with Gasteiger partial charge >= 0.3 is 0 Å². The predicted molar refractivity (Wildman–Crippen MR) is 138 cm³/mol. The van der Waals surface area contributed by atoms with Gasteiger partial charge in [-0.25, -0.2) is 0 Å². The largest absolute Gasteiger partial charge is 0.357 e. The Kier molecular flexibility index (Phi) is 12.2. The average molecular weight is 543 g/mol. The molecule has 1 aliphatic carbocycles. The number of aliphatic imine (C=N–C) groups is 1. The zero-order chi connectivity index (χ0) is 21.0. The monoisotopic (exact) mass is 542 g/mol. The van der Waals surface area contributed by atoms with Crippen LogP contribution in [0.4, 0.5) is 0 Å². The Balaban J connectivity index is 0.00000341. The molecule has 0 spiro atoms. The van der Waals surface area contributed by atoms with Crippen molar-refractivity contribution in [3.05, 3.63) is 35.9 Å². The molecule has 31 heavy (non-hydrogen) atoms. The van der Waals surface area contributed by atoms with Crippen molar-refractivity contribution in [2.24, 2.45) is 10.9 Å². The minimum Gasteiger partial charge on any atom is -0.357 e. The van der Waals surface area contributed by atoms with Crippen LogP contribution in [0, 0.1) is 5.92 Å². The molecule has 3 rings (SSSR count). The standard InChI is InChI=1S/C23H38N6O.HI/c1-2-24-23(27-13-12-25-22(30)21-9-10-21)26-11-6-14-28-15-17-29(18-16-28)19-20-7-4-3-5-8-20;/h3-5,7-8,21H,2,6,9-19H2,1H3,(H,25,30)(H2,24,26,27);1H. The highest BCUT2D eigenvalue weighted by Gasteiger charge is 2.28. The third-order valence-corrected chi connectivity index (χ3v) is 5.63. The lowest BCUT2D eigenvalue weighted by molar-refractivity contribution is -0.122. The molecule has 0 bridgehead atoms. The van der Waals surface area contributed by atoms with Crippen LogP contribution in [0.1, 0.15) is 31.7 Å². The van der Waals surface area contributed by atoms with Crippen molar-refractivity contribution in [3.8, 4) is 0 Å². The fourth-order valence-corrected chi connectivity index (χ4v) is 3.70. The Labute approximate surface area is 204 Å². The van der Waals surface area contributed by atoms with Gasteiger partial charge in [-0.05, 0) is 31.7 Å². The highest BCUT2D eigenvalue weighted by Crippen LogP contribution is 2.28. The molecular weight excluding hydrogens is 503 g/mol. The van der Waals surface area contributed by atoms with Gasteiger partial charge < -0.3 is 20.9 Å². The molecule has 174 valence electrons. The van der Waals surface area contributed by atoms with E-state index in [2.05, 4.69) is 68.0 Å². The van der Waals surface area contributed by atoms with Crippen LogP contribution in [0.25, 0.3) is 0 Å². The quantitative estimate of drug-likeness (QED) is 0.173. The van der Waals surface area contributed by atoms with Gasteiger partial charge in [0.1, 0.15) is 0 Å². The van der Waals surface area contributed by atoms with Crippen molar-refractivity contribution in [1.29, 1.82) is 0 Å². The smallest absolute Gasteiger partial charge is 0.223 e. The van der Waals surface area contributed by atoms with E-state index >= 15 is 0 Å². The number of halogens is 1. The minimum absolute atomic E-state index is 0. The zero-order valence-electron chi connectivity index (χ0n) is 18.8. The summed E-state index contributed by atoms with van der Waals surface area (Å²) in [7, 11) is 0. The van der Waals surface area contributed by atoms with Gasteiger partial charge in [-0.15, -0.1) is 24.0 Å². The molecule has 1 aliphatic heterocycles. The van der Waals surface area contributed by atoms with E-state index < -0.39 is 0 Å². The number of carbonyl (C=O) groups is 1. The summed E-state index contributed by atoms with van der Waals surface area (Å²) in [6, 6.07) is 10.7. The Morgan fingerprint density at radius 3 is 2.35 bits per heavy atom. The first-order valence-electron chi connectivity index (χ1n) is 11.5. The van der Waals surface area contributed by atoms with Crippen LogP contribution >= 0.6 is 24.0 Å². The van der Waals surface area contributed by atoms with Crippen molar-refractivity contribution in [2.45, 2.75) is 32.7 Å². The van der Waals surface area contributed by atoms with Crippen molar-refractivity contribution in [1.82, 2.24) is 25.8 Å². The first-order chi connectivity index (χ1) is 14.7. The molecule has 1 heterocycles. The topological polar surface area (TPSA) is 72.0 Å². The number of guanidine groups is 1. The average Bonchev–Trinajstić information content (AvgIpc) is 3.61. The number of benzene rings is 1. The SMILES string of the molecule is CCNC(=NCCCN1CCN(Cc2ccccc2)CC1)NCCNC(=O)C1CC1.I. The molecule has 0 unspecified atom stereocenters. The molecule has 1 amide bonds. The van der Waals surface area contributed by atoms with Gasteiger partial charge in [0.15, 0.2) is 5.96 Å². The first-order valence-corrected chi connectivity index (χ1v) is 11.5. The third-order valence-electron chi connectivity index (χ3n) is 5.63. The van der Waals surface area contributed by atoms with E-state index in [1.54, 1.807) is 0 Å². The van der Waals surface area contributed by atoms with Gasteiger partial charge in [-0.2, -0.15) is 0 Å². The van der Waals surface area contributed by atoms with Gasteiger partial charge in [-0.1, -0.05) is 30.3 Å². The maximum atomic E-state index is 11.7. The molecule has 1 saturated carbocycles. The van der Waals surface area contributed by atoms with E-state index in [1.807, 2.05) is 0 Å². The van der Waals surface area contributed by atoms with Crippen LogP contribution in [0.5, 0.6) is 0 Å². The number of piperazine rings is 1. The zero-order valence-corrected chi connectivity index (χ0v) is 21.1. The number of rotatable bonds is 11. The van der Waals surface area contributed by atoms with Crippen LogP contribution in [0.2, 0.25) is 0 Å². The molecule has 0 aromatic heterocycles. The molecule has 2 fully saturated rings. The lowest BCUT2D eigenvalue weighted by Crippen LogP contribution is -2.46. The molecule has 7 nitrogen and oxygen atoms in total. The Hall–Kier alpha value is -1.39. The summed E-state index contributed by atoms with van der Waals surface area (Å²) < 4.78 is 0. The van der Waals surface area contributed by atoms with Crippen LogP contribution in [-0.2, 0) is 11.3 Å². The molecule has 3 N–H and O–H groups in total. The van der Waals surface area contributed by atoms with Crippen molar-refractivity contribution in [3.63, 3.8) is 0 Å². The highest BCUT2D eigenvalue weighted by molar-refractivity contribution is 14.0. The Morgan fingerprint density at radius 1 is 1.00 bits per heavy atom. The summed E-state index contributed by atoms with van der Waals surface area (Å²) in [4.78, 5) is 21.4. The van der Waals surface area contributed by atoms with E-state index in [0.717, 1.165) is 77.6 Å². The second-order valence-electron chi connectivity index (χ2n) is 8.21. The summed E-state index contributed by atoms with van der Waals surface area (Å²) in [5.74, 6) is 1.31. The molecule has 0 atom stereocenters. The lowest BCUT2D eigenvalue weighted by atomic mass is 10.2. The fraction of sp³-hybridized carbons (Fsp3) is 0.652. The van der Waals surface area contributed by atoms with Gasteiger partial charge in [0.25, 0.3) is 0 Å². The summed E-state index contributed by atoms with van der Waals surface area (Å²) in [6.07, 6.45) is 3.16. The molecule has 2 aliphatic rings. The molecule has 1 saturated heterocycles. The van der Waals surface area contributed by atoms with Gasteiger partial charge in [-0.3, -0.25) is 14.7 Å². The maximum Gasteiger partial charge on any atom is 0.223 e. The summed E-state index contributed by atoms with van der Waals surface area (Å²) in [6.45, 7) is 11.8. The normalized spacial score (nSPS) is 17.6. The third kappa shape index (κ3) is 10.2. The molecular formula is C23H39IN6O. The number of amides is 1. The van der Waals surface area contributed by atoms with Crippen LogP contribution in [-0.4, -0.2) is 80.6 Å². The van der Waals surface area contributed by atoms with Crippen molar-refractivity contribution >= 4 is 35.8 Å². The Morgan fingerprint density at radius 2 is 1.68 bits per heavy atom. The number of nitrogens with zero attached hydrogens (tertiary/aromatic N) is 3. The number of hydrogen-bond acceptors (Lipinski definition) is 4. The molecule has 1 aromatic rings. The van der Waals surface area contributed by atoms with E-state index in [-0.39, 0.29) is 35.8 Å². The number of hydrogen-bond donors (Lipinski definition) is 3. The van der Waals surface area contributed by atoms with Crippen LogP contribution < -0.4 is 16.0 Å². The van der Waals surface area contributed by atoms with Crippen LogP contribution in [0.15, 0.2) is 35.3 Å². The van der Waals surface area contributed by atoms with Crippen molar-refractivity contribution < 1.29 is 4.79 Å². The molecule has 0 radical (unpaired) electrons. The first kappa shape index (κ1) is 25.9. The highest BCUT2D eigenvalue weighted by atomic mass is 127. The van der Waals surface area contributed by atoms with E-state index in [1.165, 1.54) is 5.56 Å². The lowest BCUT2D eigenvalue weighted by Gasteiger charge is -2.34. The molecule has 8 heteroatoms. The van der Waals surface area contributed by atoms with Gasteiger partial charge in [0, 0.05) is 71.4 Å². The number of nitrogens with one attached hydrogen (secondary N) is 3.